The lowest BCUT2D eigenvalue weighted by molar-refractivity contribution is -0.206. The molecule has 0 aromatic carbocycles. The van der Waals surface area contributed by atoms with E-state index in [-0.39, 0.29) is 22.9 Å². The van der Waals surface area contributed by atoms with Crippen LogP contribution in [0.15, 0.2) is 11.3 Å². The summed E-state index contributed by atoms with van der Waals surface area (Å²) in [5.74, 6) is 0.803. The second-order valence-corrected chi connectivity index (χ2v) is 7.41. The summed E-state index contributed by atoms with van der Waals surface area (Å²) in [7, 11) is 1.35. The third-order valence-electron chi connectivity index (χ3n) is 5.64. The van der Waals surface area contributed by atoms with Gasteiger partial charge in [-0.25, -0.2) is 4.79 Å². The highest BCUT2D eigenvalue weighted by atomic mass is 16.5. The fourth-order valence-electron chi connectivity index (χ4n) is 4.55. The van der Waals surface area contributed by atoms with Crippen molar-refractivity contribution in [1.29, 1.82) is 0 Å². The Morgan fingerprint density at radius 2 is 2.15 bits per heavy atom. The van der Waals surface area contributed by atoms with Crippen molar-refractivity contribution in [3.8, 4) is 0 Å². The molecule has 3 aliphatic rings. The van der Waals surface area contributed by atoms with Gasteiger partial charge in [0.2, 0.25) is 0 Å². The van der Waals surface area contributed by atoms with E-state index in [2.05, 4.69) is 20.8 Å². The Morgan fingerprint density at radius 1 is 1.45 bits per heavy atom. The lowest BCUT2D eigenvalue weighted by Crippen LogP contribution is -2.57. The van der Waals surface area contributed by atoms with Crippen molar-refractivity contribution in [2.45, 2.75) is 58.2 Å². The summed E-state index contributed by atoms with van der Waals surface area (Å²) < 4.78 is 11.2. The van der Waals surface area contributed by atoms with Gasteiger partial charge in [-0.2, -0.15) is 0 Å². The summed E-state index contributed by atoms with van der Waals surface area (Å²) in [6.07, 6.45) is 3.24. The number of ether oxygens (including phenoxy) is 2. The first-order chi connectivity index (χ1) is 9.31. The molecule has 2 bridgehead atoms. The van der Waals surface area contributed by atoms with Gasteiger partial charge in [0.15, 0.2) is 0 Å². The maximum atomic E-state index is 12.0. The Hall–Kier alpha value is -1.03. The van der Waals surface area contributed by atoms with Gasteiger partial charge >= 0.3 is 5.97 Å². The van der Waals surface area contributed by atoms with Crippen molar-refractivity contribution in [2.75, 3.05) is 7.11 Å². The molecule has 4 atom stereocenters. The normalized spacial score (nSPS) is 42.3. The zero-order chi connectivity index (χ0) is 14.7. The molecular formula is C16H24O4. The number of esters is 1. The van der Waals surface area contributed by atoms with E-state index in [4.69, 9.17) is 9.47 Å². The van der Waals surface area contributed by atoms with Crippen LogP contribution in [0.25, 0.3) is 0 Å². The summed E-state index contributed by atoms with van der Waals surface area (Å²) in [5, 5.41) is 10.4. The standard InChI is InChI=1S/C16H24O4/c1-9-5-6-16-8-11(17)12(14(18)19-4)13(20-16)15(2,3)7-10(9)16/h9-10,13,17H,5-8H2,1-4H3/t9-,10+,13+,16+/m1/s1. The first-order valence-electron chi connectivity index (χ1n) is 7.49. The Labute approximate surface area is 120 Å². The molecule has 0 aromatic heterocycles. The highest BCUT2D eigenvalue weighted by Crippen LogP contribution is 2.59. The van der Waals surface area contributed by atoms with Crippen LogP contribution in [0.3, 0.4) is 0 Å². The quantitative estimate of drug-likeness (QED) is 0.750. The average molecular weight is 280 g/mol. The molecule has 0 amide bonds. The van der Waals surface area contributed by atoms with Crippen molar-refractivity contribution in [3.05, 3.63) is 11.3 Å². The maximum Gasteiger partial charge on any atom is 0.339 e. The van der Waals surface area contributed by atoms with Gasteiger partial charge in [0.1, 0.15) is 11.3 Å². The Kier molecular flexibility index (Phi) is 2.95. The second kappa shape index (κ2) is 4.23. The summed E-state index contributed by atoms with van der Waals surface area (Å²) in [6.45, 7) is 6.51. The SMILES string of the molecule is COC(=O)C1=C(O)C[C@@]23CC[C@@H](C)[C@@H]2CC(C)(C)[C@H]1O3. The molecule has 0 aromatic rings. The van der Waals surface area contributed by atoms with Gasteiger partial charge in [0.25, 0.3) is 0 Å². The maximum absolute atomic E-state index is 12.0. The van der Waals surface area contributed by atoms with E-state index in [1.165, 1.54) is 7.11 Å². The molecule has 2 aliphatic heterocycles. The van der Waals surface area contributed by atoms with Crippen LogP contribution < -0.4 is 0 Å². The number of aliphatic hydroxyl groups excluding tert-OH is 1. The molecule has 20 heavy (non-hydrogen) atoms. The molecule has 2 heterocycles. The first kappa shape index (κ1) is 13.9. The number of aliphatic hydroxyl groups is 1. The molecular weight excluding hydrogens is 256 g/mol. The van der Waals surface area contributed by atoms with E-state index >= 15 is 0 Å². The number of carbonyl (C=O) groups is 1. The van der Waals surface area contributed by atoms with E-state index in [9.17, 15) is 9.90 Å². The minimum Gasteiger partial charge on any atom is -0.512 e. The molecule has 4 heteroatoms. The van der Waals surface area contributed by atoms with E-state index < -0.39 is 5.97 Å². The molecule has 1 spiro atoms. The molecule has 3 rings (SSSR count). The highest BCUT2D eigenvalue weighted by Gasteiger charge is 2.61. The molecule has 4 nitrogen and oxygen atoms in total. The average Bonchev–Trinajstić information content (AvgIpc) is 2.66. The van der Waals surface area contributed by atoms with Crippen LogP contribution in [0, 0.1) is 17.3 Å². The van der Waals surface area contributed by atoms with Crippen molar-refractivity contribution in [3.63, 3.8) is 0 Å². The third kappa shape index (κ3) is 1.73. The summed E-state index contributed by atoms with van der Waals surface area (Å²) in [4.78, 5) is 12.0. The molecule has 1 saturated heterocycles. The topological polar surface area (TPSA) is 55.8 Å². The second-order valence-electron chi connectivity index (χ2n) is 7.41. The van der Waals surface area contributed by atoms with Crippen molar-refractivity contribution < 1.29 is 19.4 Å². The van der Waals surface area contributed by atoms with E-state index in [0.717, 1.165) is 19.3 Å². The van der Waals surface area contributed by atoms with Crippen LogP contribution in [0.2, 0.25) is 0 Å². The number of hydrogen-bond acceptors (Lipinski definition) is 4. The van der Waals surface area contributed by atoms with Crippen molar-refractivity contribution in [2.24, 2.45) is 17.3 Å². The lowest BCUT2D eigenvalue weighted by atomic mass is 9.63. The van der Waals surface area contributed by atoms with Crippen molar-refractivity contribution in [1.82, 2.24) is 0 Å². The monoisotopic (exact) mass is 280 g/mol. The van der Waals surface area contributed by atoms with Crippen LogP contribution in [0.5, 0.6) is 0 Å². The van der Waals surface area contributed by atoms with E-state index in [0.29, 0.717) is 23.8 Å². The zero-order valence-corrected chi connectivity index (χ0v) is 12.7. The fourth-order valence-corrected chi connectivity index (χ4v) is 4.55. The molecule has 0 unspecified atom stereocenters. The summed E-state index contributed by atoms with van der Waals surface area (Å²) in [6, 6.07) is 0. The largest absolute Gasteiger partial charge is 0.512 e. The van der Waals surface area contributed by atoms with Gasteiger partial charge in [-0.05, 0) is 36.5 Å². The Balaban J connectivity index is 2.08. The number of hydrogen-bond donors (Lipinski definition) is 1. The smallest absolute Gasteiger partial charge is 0.339 e. The van der Waals surface area contributed by atoms with Gasteiger partial charge in [0.05, 0.1) is 18.8 Å². The molecule has 1 saturated carbocycles. The van der Waals surface area contributed by atoms with Crippen LogP contribution in [0.1, 0.15) is 46.5 Å². The van der Waals surface area contributed by atoms with Gasteiger partial charge in [-0.3, -0.25) is 0 Å². The van der Waals surface area contributed by atoms with E-state index in [1.807, 2.05) is 0 Å². The van der Waals surface area contributed by atoms with Gasteiger partial charge < -0.3 is 14.6 Å². The number of rotatable bonds is 1. The molecule has 0 radical (unpaired) electrons. The van der Waals surface area contributed by atoms with Crippen LogP contribution in [-0.2, 0) is 14.3 Å². The summed E-state index contributed by atoms with van der Waals surface area (Å²) >= 11 is 0. The molecule has 2 fully saturated rings. The summed E-state index contributed by atoms with van der Waals surface area (Å²) in [5.41, 5.74) is -0.0903. The fraction of sp³-hybridized carbons (Fsp3) is 0.812. The third-order valence-corrected chi connectivity index (χ3v) is 5.64. The van der Waals surface area contributed by atoms with E-state index in [1.54, 1.807) is 0 Å². The minimum absolute atomic E-state index is 0.162. The van der Waals surface area contributed by atoms with Gasteiger partial charge in [-0.1, -0.05) is 20.8 Å². The van der Waals surface area contributed by atoms with Crippen LogP contribution >= 0.6 is 0 Å². The van der Waals surface area contributed by atoms with Crippen molar-refractivity contribution >= 4 is 5.97 Å². The highest BCUT2D eigenvalue weighted by molar-refractivity contribution is 5.90. The van der Waals surface area contributed by atoms with Gasteiger partial charge in [-0.15, -0.1) is 0 Å². The molecule has 112 valence electrons. The van der Waals surface area contributed by atoms with Crippen LogP contribution in [0.4, 0.5) is 0 Å². The predicted molar refractivity (Wildman–Crippen MR) is 74.2 cm³/mol. The van der Waals surface area contributed by atoms with Gasteiger partial charge in [0, 0.05) is 6.42 Å². The lowest BCUT2D eigenvalue weighted by Gasteiger charge is -2.54. The minimum atomic E-state index is -0.458. The number of carbonyl (C=O) groups excluding carboxylic acids is 1. The Morgan fingerprint density at radius 3 is 2.80 bits per heavy atom. The Bertz CT molecular complexity index is 479. The molecule has 1 N–H and O–H groups in total. The number of fused-ring (bicyclic) bond motifs is 1. The predicted octanol–water partition coefficient (Wildman–Crippen LogP) is 2.98. The first-order valence-corrected chi connectivity index (χ1v) is 7.49. The number of methoxy groups -OCH3 is 1. The van der Waals surface area contributed by atoms with Crippen LogP contribution in [-0.4, -0.2) is 29.9 Å². The zero-order valence-electron chi connectivity index (χ0n) is 12.7. The molecule has 1 aliphatic carbocycles.